The van der Waals surface area contributed by atoms with Gasteiger partial charge in [0.1, 0.15) is 0 Å². The lowest BCUT2D eigenvalue weighted by atomic mass is 9.90. The number of ether oxygens (including phenoxy) is 1. The van der Waals surface area contributed by atoms with Crippen LogP contribution in [0, 0.1) is 5.92 Å². The zero-order valence-electron chi connectivity index (χ0n) is 16.3. The third-order valence-corrected chi connectivity index (χ3v) is 5.79. The van der Waals surface area contributed by atoms with Crippen LogP contribution in [0.1, 0.15) is 32.3 Å². The monoisotopic (exact) mass is 462 g/mol. The fraction of sp³-hybridized carbons (Fsp3) is 0.550. The molecule has 0 radical (unpaired) electrons. The van der Waals surface area contributed by atoms with Crippen LogP contribution in [-0.2, 0) is 9.53 Å². The van der Waals surface area contributed by atoms with Crippen LogP contribution in [0.5, 0.6) is 0 Å². The SMILES string of the molecule is COC(=O)C(=C(C)NC(C)C1CCN(CC(F)(F)F)CC1)c1ccccc1Br. The summed E-state index contributed by atoms with van der Waals surface area (Å²) in [6, 6.07) is 7.42. The Labute approximate surface area is 172 Å². The summed E-state index contributed by atoms with van der Waals surface area (Å²) >= 11 is 3.47. The first-order valence-electron chi connectivity index (χ1n) is 9.22. The molecule has 1 saturated heterocycles. The van der Waals surface area contributed by atoms with Crippen LogP contribution >= 0.6 is 15.9 Å². The maximum absolute atomic E-state index is 12.6. The molecular weight excluding hydrogens is 437 g/mol. The number of esters is 1. The minimum atomic E-state index is -4.16. The van der Waals surface area contributed by atoms with Crippen molar-refractivity contribution in [3.63, 3.8) is 0 Å². The molecule has 1 fully saturated rings. The summed E-state index contributed by atoms with van der Waals surface area (Å²) in [5, 5.41) is 3.37. The van der Waals surface area contributed by atoms with Crippen molar-refractivity contribution in [2.24, 2.45) is 5.92 Å². The van der Waals surface area contributed by atoms with Gasteiger partial charge < -0.3 is 10.1 Å². The molecule has 8 heteroatoms. The van der Waals surface area contributed by atoms with Crippen molar-refractivity contribution >= 4 is 27.5 Å². The molecule has 0 aliphatic carbocycles. The number of rotatable bonds is 6. The van der Waals surface area contributed by atoms with E-state index in [1.807, 2.05) is 38.1 Å². The van der Waals surface area contributed by atoms with Crippen LogP contribution < -0.4 is 5.32 Å². The Kier molecular flexibility index (Phi) is 7.95. The van der Waals surface area contributed by atoms with E-state index in [0.29, 0.717) is 37.2 Å². The summed E-state index contributed by atoms with van der Waals surface area (Å²) in [6.07, 6.45) is -2.80. The molecule has 1 N–H and O–H groups in total. The molecule has 0 spiro atoms. The predicted molar refractivity (Wildman–Crippen MR) is 107 cm³/mol. The lowest BCUT2D eigenvalue weighted by molar-refractivity contribution is -0.148. The van der Waals surface area contributed by atoms with E-state index in [1.54, 1.807) is 0 Å². The highest BCUT2D eigenvalue weighted by Crippen LogP contribution is 2.29. The van der Waals surface area contributed by atoms with Crippen LogP contribution in [0.4, 0.5) is 13.2 Å². The average Bonchev–Trinajstić information content (AvgIpc) is 2.62. The number of methoxy groups -OCH3 is 1. The molecular formula is C20H26BrF3N2O2. The molecule has 1 heterocycles. The van der Waals surface area contributed by atoms with Gasteiger partial charge in [0.15, 0.2) is 0 Å². The van der Waals surface area contributed by atoms with E-state index < -0.39 is 18.7 Å². The fourth-order valence-corrected chi connectivity index (χ4v) is 4.11. The minimum Gasteiger partial charge on any atom is -0.465 e. The normalized spacial score (nSPS) is 18.4. The van der Waals surface area contributed by atoms with E-state index >= 15 is 0 Å². The van der Waals surface area contributed by atoms with Crippen LogP contribution in [0.3, 0.4) is 0 Å². The van der Waals surface area contributed by atoms with Crippen LogP contribution in [0.2, 0.25) is 0 Å². The van der Waals surface area contributed by atoms with Crippen molar-refractivity contribution in [1.29, 1.82) is 0 Å². The largest absolute Gasteiger partial charge is 0.465 e. The van der Waals surface area contributed by atoms with Gasteiger partial charge in [-0.3, -0.25) is 4.90 Å². The standard InChI is InChI=1S/C20H26BrF3N2O2/c1-13(15-8-10-26(11-9-15)12-20(22,23)24)25-14(2)18(19(27)28-3)16-6-4-5-7-17(16)21/h4-7,13,15,25H,8-12H2,1-3H3. The number of hydrogen-bond acceptors (Lipinski definition) is 4. The number of carbonyl (C=O) groups excluding carboxylic acids is 1. The van der Waals surface area contributed by atoms with Gasteiger partial charge in [0.05, 0.1) is 19.2 Å². The second kappa shape index (κ2) is 9.78. The lowest BCUT2D eigenvalue weighted by Crippen LogP contribution is -2.44. The van der Waals surface area contributed by atoms with Crippen LogP contribution in [-0.4, -0.2) is 49.8 Å². The van der Waals surface area contributed by atoms with Gasteiger partial charge in [-0.25, -0.2) is 4.79 Å². The van der Waals surface area contributed by atoms with Crippen molar-refractivity contribution in [2.75, 3.05) is 26.7 Å². The van der Waals surface area contributed by atoms with Crippen LogP contribution in [0.15, 0.2) is 34.4 Å². The first-order valence-corrected chi connectivity index (χ1v) is 10.0. The van der Waals surface area contributed by atoms with E-state index in [9.17, 15) is 18.0 Å². The topological polar surface area (TPSA) is 41.6 Å². The minimum absolute atomic E-state index is 0.0233. The van der Waals surface area contributed by atoms with Crippen molar-refractivity contribution < 1.29 is 22.7 Å². The van der Waals surface area contributed by atoms with Crippen molar-refractivity contribution in [3.05, 3.63) is 40.0 Å². The highest BCUT2D eigenvalue weighted by molar-refractivity contribution is 9.10. The first-order chi connectivity index (χ1) is 13.1. The Morgan fingerprint density at radius 3 is 2.46 bits per heavy atom. The van der Waals surface area contributed by atoms with Gasteiger partial charge in [0, 0.05) is 21.8 Å². The molecule has 0 bridgehead atoms. The Morgan fingerprint density at radius 2 is 1.93 bits per heavy atom. The second-order valence-electron chi connectivity index (χ2n) is 7.13. The van der Waals surface area contributed by atoms with Crippen molar-refractivity contribution in [1.82, 2.24) is 10.2 Å². The third-order valence-electron chi connectivity index (χ3n) is 5.09. The number of allylic oxidation sites excluding steroid dienone is 1. The van der Waals surface area contributed by atoms with Crippen LogP contribution in [0.25, 0.3) is 5.57 Å². The smallest absolute Gasteiger partial charge is 0.401 e. The summed E-state index contributed by atoms with van der Waals surface area (Å²) in [5.74, 6) is -0.207. The molecule has 0 aromatic heterocycles. The van der Waals surface area contributed by atoms with Crippen molar-refractivity contribution in [3.8, 4) is 0 Å². The van der Waals surface area contributed by atoms with Gasteiger partial charge in [-0.1, -0.05) is 34.1 Å². The van der Waals surface area contributed by atoms with Gasteiger partial charge in [0.2, 0.25) is 0 Å². The number of benzene rings is 1. The molecule has 1 atom stereocenters. The summed E-state index contributed by atoms with van der Waals surface area (Å²) in [7, 11) is 1.34. The third kappa shape index (κ3) is 6.24. The predicted octanol–water partition coefficient (Wildman–Crippen LogP) is 4.61. The zero-order valence-corrected chi connectivity index (χ0v) is 17.9. The summed E-state index contributed by atoms with van der Waals surface area (Å²) in [4.78, 5) is 13.8. The van der Waals surface area contributed by atoms with Gasteiger partial charge in [-0.15, -0.1) is 0 Å². The van der Waals surface area contributed by atoms with Gasteiger partial charge in [0.25, 0.3) is 0 Å². The molecule has 1 unspecified atom stereocenters. The van der Waals surface area contributed by atoms with E-state index in [4.69, 9.17) is 4.74 Å². The average molecular weight is 463 g/mol. The van der Waals surface area contributed by atoms with E-state index in [1.165, 1.54) is 12.0 Å². The van der Waals surface area contributed by atoms with E-state index in [0.717, 1.165) is 10.0 Å². The summed E-state index contributed by atoms with van der Waals surface area (Å²) in [6.45, 7) is 3.82. The maximum Gasteiger partial charge on any atom is 0.401 e. The van der Waals surface area contributed by atoms with E-state index in [-0.39, 0.29) is 12.0 Å². The number of carbonyl (C=O) groups is 1. The Balaban J connectivity index is 2.09. The van der Waals surface area contributed by atoms with Gasteiger partial charge >= 0.3 is 12.1 Å². The second-order valence-corrected chi connectivity index (χ2v) is 7.99. The van der Waals surface area contributed by atoms with E-state index in [2.05, 4.69) is 21.2 Å². The zero-order chi connectivity index (χ0) is 20.9. The quantitative estimate of drug-likeness (QED) is 0.495. The van der Waals surface area contributed by atoms with Gasteiger partial charge in [-0.2, -0.15) is 13.2 Å². The summed E-state index contributed by atoms with van der Waals surface area (Å²) in [5.41, 5.74) is 1.85. The maximum atomic E-state index is 12.6. The number of hydrogen-bond donors (Lipinski definition) is 1. The Hall–Kier alpha value is -1.54. The molecule has 156 valence electrons. The molecule has 1 aliphatic rings. The summed E-state index contributed by atoms with van der Waals surface area (Å²) < 4.78 is 43.4. The highest BCUT2D eigenvalue weighted by Gasteiger charge is 2.33. The Morgan fingerprint density at radius 1 is 1.32 bits per heavy atom. The number of halogens is 4. The van der Waals surface area contributed by atoms with Crippen molar-refractivity contribution in [2.45, 2.75) is 38.9 Å². The molecule has 0 amide bonds. The number of alkyl halides is 3. The lowest BCUT2D eigenvalue weighted by Gasteiger charge is -2.36. The number of nitrogens with one attached hydrogen (secondary N) is 1. The molecule has 1 aliphatic heterocycles. The molecule has 28 heavy (non-hydrogen) atoms. The Bertz CT molecular complexity index is 714. The number of piperidine rings is 1. The fourth-order valence-electron chi connectivity index (χ4n) is 3.63. The molecule has 4 nitrogen and oxygen atoms in total. The molecule has 1 aromatic carbocycles. The number of nitrogens with zero attached hydrogens (tertiary/aromatic N) is 1. The van der Waals surface area contributed by atoms with Gasteiger partial charge in [-0.05, 0) is 51.8 Å². The molecule has 1 aromatic rings. The number of likely N-dealkylation sites (tertiary alicyclic amines) is 1. The molecule has 0 saturated carbocycles. The molecule has 2 rings (SSSR count). The first kappa shape index (κ1) is 22.7. The highest BCUT2D eigenvalue weighted by atomic mass is 79.9.